The van der Waals surface area contributed by atoms with Gasteiger partial charge in [0.05, 0.1) is 6.54 Å². The van der Waals surface area contributed by atoms with Gasteiger partial charge in [-0.1, -0.05) is 6.07 Å². The van der Waals surface area contributed by atoms with Gasteiger partial charge in [-0.3, -0.25) is 4.90 Å². The van der Waals surface area contributed by atoms with Crippen molar-refractivity contribution in [3.05, 3.63) is 27.8 Å². The number of carbonyl (C=O) groups excluding carboxylic acids is 1. The van der Waals surface area contributed by atoms with Crippen LogP contribution in [0.1, 0.15) is 0 Å². The minimum Gasteiger partial charge on any atom is -0.354 e. The van der Waals surface area contributed by atoms with E-state index in [1.165, 1.54) is 19.1 Å². The lowest BCUT2D eigenvalue weighted by Crippen LogP contribution is -2.42. The van der Waals surface area contributed by atoms with Crippen LogP contribution in [-0.2, 0) is 9.47 Å². The maximum absolute atomic E-state index is 11.4. The largest absolute Gasteiger partial charge is 0.354 e. The van der Waals surface area contributed by atoms with Crippen molar-refractivity contribution in [3.8, 4) is 0 Å². The van der Waals surface area contributed by atoms with E-state index in [-0.39, 0.29) is 6.54 Å². The molecule has 0 radical (unpaired) electrons. The summed E-state index contributed by atoms with van der Waals surface area (Å²) in [5, 5.41) is 0. The minimum atomic E-state index is -0.536. The highest BCUT2D eigenvalue weighted by Gasteiger charge is 2.18. The molecule has 1 aromatic carbocycles. The maximum atomic E-state index is 11.4. The highest BCUT2D eigenvalue weighted by atomic mass is 127. The van der Waals surface area contributed by atoms with Gasteiger partial charge in [-0.2, -0.15) is 0 Å². The van der Waals surface area contributed by atoms with Crippen LogP contribution in [0.25, 0.3) is 0 Å². The number of halogens is 1. The molecule has 5 nitrogen and oxygen atoms in total. The summed E-state index contributed by atoms with van der Waals surface area (Å²) in [5.41, 5.74) is 6.08. The molecule has 0 fully saturated rings. The fourth-order valence-electron chi connectivity index (χ4n) is 1.36. The molecule has 0 saturated carbocycles. The van der Waals surface area contributed by atoms with Crippen molar-refractivity contribution in [2.75, 3.05) is 25.7 Å². The second-order valence-electron chi connectivity index (χ2n) is 3.33. The summed E-state index contributed by atoms with van der Waals surface area (Å²) < 4.78 is 11.1. The van der Waals surface area contributed by atoms with E-state index >= 15 is 0 Å². The third-order valence-electron chi connectivity index (χ3n) is 2.24. The second kappa shape index (κ2) is 6.77. The molecule has 1 aromatic rings. The molecule has 17 heavy (non-hydrogen) atoms. The number of ether oxygens (including phenoxy) is 2. The van der Waals surface area contributed by atoms with Crippen LogP contribution >= 0.6 is 22.6 Å². The maximum Gasteiger partial charge on any atom is 0.319 e. The zero-order valence-corrected chi connectivity index (χ0v) is 11.9. The van der Waals surface area contributed by atoms with Gasteiger partial charge in [0.2, 0.25) is 0 Å². The molecule has 0 aliphatic heterocycles. The van der Waals surface area contributed by atoms with Gasteiger partial charge in [0.25, 0.3) is 0 Å². The number of anilines is 1. The van der Waals surface area contributed by atoms with Crippen molar-refractivity contribution < 1.29 is 14.3 Å². The lowest BCUT2D eigenvalue weighted by atomic mass is 10.3. The minimum absolute atomic E-state index is 0.252. The third-order valence-corrected chi connectivity index (χ3v) is 2.91. The Hall–Kier alpha value is -0.860. The highest BCUT2D eigenvalue weighted by Crippen LogP contribution is 2.18. The fraction of sp³-hybridized carbons (Fsp3) is 0.364. The van der Waals surface area contributed by atoms with Crippen molar-refractivity contribution in [3.63, 3.8) is 0 Å². The smallest absolute Gasteiger partial charge is 0.319 e. The van der Waals surface area contributed by atoms with Crippen molar-refractivity contribution in [2.24, 2.45) is 5.73 Å². The summed E-state index contributed by atoms with van der Waals surface area (Å²) in [7, 11) is 3.03. The lowest BCUT2D eigenvalue weighted by molar-refractivity contribution is -0.0939. The molecule has 0 heterocycles. The Morgan fingerprint density at radius 2 is 2.12 bits per heavy atom. The van der Waals surface area contributed by atoms with Gasteiger partial charge in [-0.05, 0) is 40.8 Å². The number of hydrogen-bond donors (Lipinski definition) is 1. The first-order valence-corrected chi connectivity index (χ1v) is 6.04. The average Bonchev–Trinajstić information content (AvgIpc) is 2.30. The molecule has 0 spiro atoms. The number of hydrogen-bond acceptors (Lipinski definition) is 3. The summed E-state index contributed by atoms with van der Waals surface area (Å²) in [6, 6.07) is 6.95. The van der Waals surface area contributed by atoms with E-state index in [0.717, 1.165) is 9.26 Å². The molecule has 94 valence electrons. The normalized spacial score (nSPS) is 10.6. The summed E-state index contributed by atoms with van der Waals surface area (Å²) in [4.78, 5) is 12.8. The van der Waals surface area contributed by atoms with E-state index in [1.807, 2.05) is 24.3 Å². The number of benzene rings is 1. The van der Waals surface area contributed by atoms with E-state index in [1.54, 1.807) is 0 Å². The summed E-state index contributed by atoms with van der Waals surface area (Å²) >= 11 is 2.17. The molecule has 0 aromatic heterocycles. The standard InChI is InChI=1S/C11H15IN2O3/c1-16-10(17-2)7-14(11(13)15)9-5-3-4-8(12)6-9/h3-6,10H,7H2,1-2H3,(H2,13,15). The van der Waals surface area contributed by atoms with E-state index < -0.39 is 12.3 Å². The monoisotopic (exact) mass is 350 g/mol. The number of primary amides is 1. The molecule has 0 aliphatic rings. The molecule has 0 bridgehead atoms. The molecule has 0 atom stereocenters. The van der Waals surface area contributed by atoms with E-state index in [0.29, 0.717) is 0 Å². The number of carbonyl (C=O) groups is 1. The summed E-state index contributed by atoms with van der Waals surface area (Å²) in [6.07, 6.45) is -0.500. The SMILES string of the molecule is COC(CN(C(N)=O)c1cccc(I)c1)OC. The molecule has 6 heteroatoms. The molecule has 0 aliphatic carbocycles. The molecule has 2 N–H and O–H groups in total. The van der Waals surface area contributed by atoms with Gasteiger partial charge in [0.1, 0.15) is 0 Å². The van der Waals surface area contributed by atoms with Gasteiger partial charge in [-0.25, -0.2) is 4.79 Å². The quantitative estimate of drug-likeness (QED) is 0.651. The summed E-state index contributed by atoms with van der Waals surface area (Å²) in [6.45, 7) is 0.252. The Balaban J connectivity index is 2.89. The molecule has 0 saturated heterocycles. The van der Waals surface area contributed by atoms with Crippen LogP contribution in [-0.4, -0.2) is 33.1 Å². The van der Waals surface area contributed by atoms with E-state index in [4.69, 9.17) is 15.2 Å². The van der Waals surface area contributed by atoms with Gasteiger partial charge in [-0.15, -0.1) is 0 Å². The van der Waals surface area contributed by atoms with Crippen LogP contribution in [0.4, 0.5) is 10.5 Å². The van der Waals surface area contributed by atoms with Crippen LogP contribution in [0.3, 0.4) is 0 Å². The molecule has 0 unspecified atom stereocenters. The zero-order valence-electron chi connectivity index (χ0n) is 9.72. The fourth-order valence-corrected chi connectivity index (χ4v) is 1.89. The van der Waals surface area contributed by atoms with Crippen LogP contribution in [0, 0.1) is 3.57 Å². The van der Waals surface area contributed by atoms with Gasteiger partial charge in [0.15, 0.2) is 6.29 Å². The zero-order chi connectivity index (χ0) is 12.8. The van der Waals surface area contributed by atoms with Crippen molar-refractivity contribution in [1.29, 1.82) is 0 Å². The Morgan fingerprint density at radius 1 is 1.47 bits per heavy atom. The number of urea groups is 1. The number of methoxy groups -OCH3 is 2. The lowest BCUT2D eigenvalue weighted by Gasteiger charge is -2.24. The van der Waals surface area contributed by atoms with Crippen molar-refractivity contribution in [2.45, 2.75) is 6.29 Å². The predicted octanol–water partition coefficient (Wildman–Crippen LogP) is 1.80. The Labute approximate surface area is 114 Å². The number of rotatable bonds is 5. The third kappa shape index (κ3) is 4.14. The molecule has 1 rings (SSSR count). The van der Waals surface area contributed by atoms with Gasteiger partial charge in [0, 0.05) is 23.5 Å². The Bertz CT molecular complexity index is 383. The van der Waals surface area contributed by atoms with Gasteiger partial charge < -0.3 is 15.2 Å². The Kier molecular flexibility index (Phi) is 5.66. The molecular weight excluding hydrogens is 335 g/mol. The highest BCUT2D eigenvalue weighted by molar-refractivity contribution is 14.1. The first kappa shape index (κ1) is 14.2. The number of nitrogens with zero attached hydrogens (tertiary/aromatic N) is 1. The second-order valence-corrected chi connectivity index (χ2v) is 4.58. The number of nitrogens with two attached hydrogens (primary N) is 1. The van der Waals surface area contributed by atoms with Crippen LogP contribution in [0.2, 0.25) is 0 Å². The molecular formula is C11H15IN2O3. The van der Waals surface area contributed by atoms with Crippen LogP contribution in [0.5, 0.6) is 0 Å². The topological polar surface area (TPSA) is 64.8 Å². The average molecular weight is 350 g/mol. The Morgan fingerprint density at radius 3 is 2.59 bits per heavy atom. The predicted molar refractivity (Wildman–Crippen MR) is 73.9 cm³/mol. The van der Waals surface area contributed by atoms with E-state index in [9.17, 15) is 4.79 Å². The van der Waals surface area contributed by atoms with Gasteiger partial charge >= 0.3 is 6.03 Å². The van der Waals surface area contributed by atoms with Crippen molar-refractivity contribution >= 4 is 34.3 Å². The number of amides is 2. The summed E-state index contributed by atoms with van der Waals surface area (Å²) in [5.74, 6) is 0. The van der Waals surface area contributed by atoms with Crippen LogP contribution in [0.15, 0.2) is 24.3 Å². The van der Waals surface area contributed by atoms with E-state index in [2.05, 4.69) is 22.6 Å². The van der Waals surface area contributed by atoms with Crippen molar-refractivity contribution in [1.82, 2.24) is 0 Å². The first-order valence-electron chi connectivity index (χ1n) is 4.96. The first-order chi connectivity index (χ1) is 8.08. The van der Waals surface area contributed by atoms with Crippen LogP contribution < -0.4 is 10.6 Å². The molecule has 2 amide bonds.